The van der Waals surface area contributed by atoms with Crippen molar-refractivity contribution in [1.82, 2.24) is 4.57 Å². The van der Waals surface area contributed by atoms with Gasteiger partial charge in [-0.1, -0.05) is 53.8 Å². The van der Waals surface area contributed by atoms with Gasteiger partial charge in [0.2, 0.25) is 0 Å². The van der Waals surface area contributed by atoms with Crippen LogP contribution >= 0.6 is 23.1 Å². The maximum atomic E-state index is 13.0. The van der Waals surface area contributed by atoms with Gasteiger partial charge in [-0.3, -0.25) is 4.79 Å². The molecule has 0 spiro atoms. The number of carbonyl (C=O) groups is 2. The highest BCUT2D eigenvalue weighted by molar-refractivity contribution is 7.98. The molecule has 0 N–H and O–H groups in total. The van der Waals surface area contributed by atoms with E-state index >= 15 is 0 Å². The maximum absolute atomic E-state index is 13.0. The van der Waals surface area contributed by atoms with Crippen LogP contribution in [0.2, 0.25) is 0 Å². The predicted molar refractivity (Wildman–Crippen MR) is 136 cm³/mol. The quantitative estimate of drug-likeness (QED) is 0.323. The molecule has 1 amide bonds. The van der Waals surface area contributed by atoms with E-state index in [1.807, 2.05) is 77.6 Å². The van der Waals surface area contributed by atoms with Gasteiger partial charge in [0.05, 0.1) is 22.4 Å². The van der Waals surface area contributed by atoms with Gasteiger partial charge < -0.3 is 9.30 Å². The second-order valence-electron chi connectivity index (χ2n) is 7.29. The predicted octanol–water partition coefficient (Wildman–Crippen LogP) is 5.65. The van der Waals surface area contributed by atoms with Crippen molar-refractivity contribution in [3.8, 4) is 11.1 Å². The molecule has 0 saturated carbocycles. The first-order valence-electron chi connectivity index (χ1n) is 10.6. The molecule has 0 atom stereocenters. The van der Waals surface area contributed by atoms with E-state index in [-0.39, 0.29) is 11.9 Å². The number of esters is 1. The summed E-state index contributed by atoms with van der Waals surface area (Å²) in [6.45, 7) is 2.83. The van der Waals surface area contributed by atoms with Crippen LogP contribution in [0.3, 0.4) is 0 Å². The third kappa shape index (κ3) is 5.26. The fourth-order valence-electron chi connectivity index (χ4n) is 3.49. The van der Waals surface area contributed by atoms with Gasteiger partial charge in [0.15, 0.2) is 4.80 Å². The fourth-order valence-corrected chi connectivity index (χ4v) is 4.94. The largest absolute Gasteiger partial charge is 0.462 e. The molecular formula is C26H24N2O3S2. The lowest BCUT2D eigenvalue weighted by atomic mass is 10.0. The smallest absolute Gasteiger partial charge is 0.338 e. The van der Waals surface area contributed by atoms with E-state index in [2.05, 4.69) is 4.99 Å². The molecule has 0 saturated heterocycles. The van der Waals surface area contributed by atoms with Crippen molar-refractivity contribution in [1.29, 1.82) is 0 Å². The number of hydrogen-bond donors (Lipinski definition) is 0. The van der Waals surface area contributed by atoms with Gasteiger partial charge >= 0.3 is 5.97 Å². The van der Waals surface area contributed by atoms with Gasteiger partial charge in [0, 0.05) is 17.9 Å². The maximum Gasteiger partial charge on any atom is 0.338 e. The molecule has 0 unspecified atom stereocenters. The third-order valence-electron chi connectivity index (χ3n) is 5.15. The highest BCUT2D eigenvalue weighted by Gasteiger charge is 2.13. The van der Waals surface area contributed by atoms with E-state index in [1.54, 1.807) is 24.8 Å². The van der Waals surface area contributed by atoms with Crippen LogP contribution in [0, 0.1) is 0 Å². The van der Waals surface area contributed by atoms with Crippen molar-refractivity contribution < 1.29 is 14.3 Å². The van der Waals surface area contributed by atoms with Crippen molar-refractivity contribution in [3.05, 3.63) is 88.7 Å². The molecule has 0 aliphatic carbocycles. The summed E-state index contributed by atoms with van der Waals surface area (Å²) in [5, 5.41) is 0. The number of thioether (sulfide) groups is 1. The minimum atomic E-state index is -0.350. The van der Waals surface area contributed by atoms with Gasteiger partial charge in [0.25, 0.3) is 5.91 Å². The molecule has 0 radical (unpaired) electrons. The van der Waals surface area contributed by atoms with E-state index in [0.717, 1.165) is 33.6 Å². The number of thiazole rings is 1. The number of ether oxygens (including phenoxy) is 1. The van der Waals surface area contributed by atoms with Crippen molar-refractivity contribution in [3.63, 3.8) is 0 Å². The molecule has 4 aromatic rings. The van der Waals surface area contributed by atoms with Crippen molar-refractivity contribution in [2.75, 3.05) is 18.6 Å². The number of amides is 1. The summed E-state index contributed by atoms with van der Waals surface area (Å²) in [6.07, 6.45) is 2.05. The van der Waals surface area contributed by atoms with Crippen molar-refractivity contribution in [2.24, 2.45) is 4.99 Å². The molecule has 4 rings (SSSR count). The van der Waals surface area contributed by atoms with Crippen molar-refractivity contribution >= 4 is 45.2 Å². The summed E-state index contributed by atoms with van der Waals surface area (Å²) >= 11 is 3.14. The first-order chi connectivity index (χ1) is 16.1. The Morgan fingerprint density at radius 2 is 1.67 bits per heavy atom. The zero-order chi connectivity index (χ0) is 23.2. The summed E-state index contributed by atoms with van der Waals surface area (Å²) in [7, 11) is 0. The number of rotatable bonds is 7. The molecule has 0 aliphatic rings. The van der Waals surface area contributed by atoms with Crippen LogP contribution in [0.15, 0.2) is 77.8 Å². The van der Waals surface area contributed by atoms with E-state index in [1.165, 1.54) is 11.3 Å². The zero-order valence-corrected chi connectivity index (χ0v) is 20.1. The Kier molecular flexibility index (Phi) is 7.42. The number of carbonyl (C=O) groups excluding carboxylic acids is 2. The summed E-state index contributed by atoms with van der Waals surface area (Å²) in [5.41, 5.74) is 4.14. The number of nitrogens with zero attached hydrogens (tertiary/aromatic N) is 2. The van der Waals surface area contributed by atoms with Crippen LogP contribution in [0.4, 0.5) is 0 Å². The fraction of sp³-hybridized carbons (Fsp3) is 0.192. The highest BCUT2D eigenvalue weighted by atomic mass is 32.2. The Labute approximate surface area is 200 Å². The minimum absolute atomic E-state index is 0.287. The average Bonchev–Trinajstić information content (AvgIpc) is 3.19. The molecule has 1 aromatic heterocycles. The molecular weight excluding hydrogens is 452 g/mol. The number of aromatic nitrogens is 1. The topological polar surface area (TPSA) is 60.7 Å². The van der Waals surface area contributed by atoms with Crippen LogP contribution in [0.5, 0.6) is 0 Å². The zero-order valence-electron chi connectivity index (χ0n) is 18.5. The summed E-state index contributed by atoms with van der Waals surface area (Å²) < 4.78 is 8.06. The second kappa shape index (κ2) is 10.6. The summed E-state index contributed by atoms with van der Waals surface area (Å²) in [6, 6.07) is 23.0. The second-order valence-corrected chi connectivity index (χ2v) is 9.29. The van der Waals surface area contributed by atoms with Gasteiger partial charge in [-0.15, -0.1) is 0 Å². The highest BCUT2D eigenvalue weighted by Crippen LogP contribution is 2.22. The van der Waals surface area contributed by atoms with Gasteiger partial charge in [-0.05, 0) is 54.6 Å². The molecule has 33 heavy (non-hydrogen) atoms. The number of aryl methyl sites for hydroxylation is 1. The molecule has 5 nitrogen and oxygen atoms in total. The Morgan fingerprint density at radius 3 is 2.36 bits per heavy atom. The van der Waals surface area contributed by atoms with Crippen LogP contribution in [0.25, 0.3) is 21.3 Å². The van der Waals surface area contributed by atoms with E-state index in [9.17, 15) is 9.59 Å². The van der Waals surface area contributed by atoms with Gasteiger partial charge in [-0.2, -0.15) is 16.8 Å². The molecule has 0 aliphatic heterocycles. The number of benzene rings is 3. The first-order valence-corrected chi connectivity index (χ1v) is 12.9. The SMILES string of the molecule is CCOC(=O)c1ccc2c(c1)sc(=NC(=O)c1ccc(-c3ccccc3)cc1)n2CCSC. The van der Waals surface area contributed by atoms with Crippen molar-refractivity contribution in [2.45, 2.75) is 13.5 Å². The standard InChI is InChI=1S/C26H24N2O3S2/c1-3-31-25(30)21-13-14-22-23(17-21)33-26(28(22)15-16-32-2)27-24(29)20-11-9-19(10-12-20)18-7-5-4-6-8-18/h4-14,17H,3,15-16H2,1-2H3. The number of fused-ring (bicyclic) bond motifs is 1. The Bertz CT molecular complexity index is 1340. The Balaban J connectivity index is 1.69. The van der Waals surface area contributed by atoms with Crippen LogP contribution in [-0.2, 0) is 11.3 Å². The Hall–Kier alpha value is -3.16. The average molecular weight is 477 g/mol. The summed E-state index contributed by atoms with van der Waals surface area (Å²) in [5.74, 6) is 0.250. The molecule has 0 bridgehead atoms. The van der Waals surface area contributed by atoms with Crippen LogP contribution in [0.1, 0.15) is 27.6 Å². The lowest BCUT2D eigenvalue weighted by Gasteiger charge is -2.05. The van der Waals surface area contributed by atoms with E-state index in [4.69, 9.17) is 4.74 Å². The first kappa shape index (κ1) is 23.0. The molecule has 1 heterocycles. The van der Waals surface area contributed by atoms with Crippen LogP contribution in [-0.4, -0.2) is 35.1 Å². The van der Waals surface area contributed by atoms with Crippen LogP contribution < -0.4 is 4.80 Å². The molecule has 3 aromatic carbocycles. The summed E-state index contributed by atoms with van der Waals surface area (Å²) in [4.78, 5) is 30.2. The lowest BCUT2D eigenvalue weighted by Crippen LogP contribution is -2.18. The lowest BCUT2D eigenvalue weighted by molar-refractivity contribution is 0.0526. The molecule has 7 heteroatoms. The van der Waals surface area contributed by atoms with Gasteiger partial charge in [0.1, 0.15) is 0 Å². The normalized spacial score (nSPS) is 11.6. The minimum Gasteiger partial charge on any atom is -0.462 e. The molecule has 0 fully saturated rings. The molecule has 168 valence electrons. The third-order valence-corrected chi connectivity index (χ3v) is 6.78. The number of hydrogen-bond acceptors (Lipinski definition) is 5. The van der Waals surface area contributed by atoms with E-state index < -0.39 is 0 Å². The Morgan fingerprint density at radius 1 is 0.970 bits per heavy atom. The van der Waals surface area contributed by atoms with Gasteiger partial charge in [-0.25, -0.2) is 4.79 Å². The monoisotopic (exact) mass is 476 g/mol. The van der Waals surface area contributed by atoms with E-state index in [0.29, 0.717) is 22.5 Å².